The Bertz CT molecular complexity index is 330. The maximum atomic E-state index is 12.0. The maximum Gasteiger partial charge on any atom is 0.222 e. The van der Waals surface area contributed by atoms with Crippen LogP contribution in [0.5, 0.6) is 0 Å². The average Bonchev–Trinajstić information content (AvgIpc) is 2.26. The number of pyridine rings is 1. The Balaban J connectivity index is 2.84. The number of hydrogen-bond donors (Lipinski definition) is 0. The van der Waals surface area contributed by atoms with Crippen molar-refractivity contribution in [2.75, 3.05) is 7.11 Å². The highest BCUT2D eigenvalue weighted by atomic mass is 16.6. The molecule has 0 saturated carbocycles. The van der Waals surface area contributed by atoms with Crippen molar-refractivity contribution in [1.82, 2.24) is 5.06 Å². The van der Waals surface area contributed by atoms with Crippen molar-refractivity contribution in [2.45, 2.75) is 39.3 Å². The van der Waals surface area contributed by atoms with Crippen molar-refractivity contribution in [1.29, 1.82) is 0 Å². The number of aromatic nitrogens is 1. The van der Waals surface area contributed by atoms with Crippen LogP contribution in [0.15, 0.2) is 24.5 Å². The van der Waals surface area contributed by atoms with E-state index in [1.807, 2.05) is 39.8 Å². The second kappa shape index (κ2) is 4.80. The smallest absolute Gasteiger partial charge is 0.222 e. The molecule has 1 aromatic heterocycles. The van der Waals surface area contributed by atoms with Gasteiger partial charge < -0.3 is 0 Å². The molecule has 4 heteroatoms. The normalized spacial score (nSPS) is 13.9. The zero-order valence-electron chi connectivity index (χ0n) is 10.6. The minimum absolute atomic E-state index is 0.161. The van der Waals surface area contributed by atoms with E-state index < -0.39 is 0 Å². The molecule has 1 atom stereocenters. The standard InChI is InChI=1S/C12H20N2O2/c1-10(14(15)12(2,3)4)11-6-8-13(16-5)9-7-11/h6-10H,1-5H3/q+1. The molecule has 0 saturated heterocycles. The summed E-state index contributed by atoms with van der Waals surface area (Å²) in [6, 6.07) is 3.63. The highest BCUT2D eigenvalue weighted by Gasteiger charge is 2.27. The third-order valence-corrected chi connectivity index (χ3v) is 2.53. The first-order chi connectivity index (χ1) is 7.36. The Morgan fingerprint density at radius 3 is 2.19 bits per heavy atom. The summed E-state index contributed by atoms with van der Waals surface area (Å²) in [6.45, 7) is 7.64. The van der Waals surface area contributed by atoms with Gasteiger partial charge in [0.15, 0.2) is 0 Å². The predicted octanol–water partition coefficient (Wildman–Crippen LogP) is 1.54. The molecule has 1 radical (unpaired) electrons. The molecule has 0 fully saturated rings. The van der Waals surface area contributed by atoms with Gasteiger partial charge in [0, 0.05) is 22.4 Å². The fraction of sp³-hybridized carbons (Fsp3) is 0.583. The second-order valence-corrected chi connectivity index (χ2v) is 4.85. The van der Waals surface area contributed by atoms with E-state index in [1.165, 1.54) is 0 Å². The van der Waals surface area contributed by atoms with E-state index in [9.17, 15) is 5.21 Å². The summed E-state index contributed by atoms with van der Waals surface area (Å²) in [6.07, 6.45) is 3.59. The van der Waals surface area contributed by atoms with Crippen molar-refractivity contribution in [3.05, 3.63) is 30.1 Å². The molecule has 16 heavy (non-hydrogen) atoms. The van der Waals surface area contributed by atoms with Crippen LogP contribution in [0.2, 0.25) is 0 Å². The van der Waals surface area contributed by atoms with Crippen LogP contribution in [0, 0.1) is 0 Å². The fourth-order valence-electron chi connectivity index (χ4n) is 1.54. The van der Waals surface area contributed by atoms with E-state index in [0.717, 1.165) is 10.6 Å². The van der Waals surface area contributed by atoms with Crippen LogP contribution in [0.25, 0.3) is 0 Å². The van der Waals surface area contributed by atoms with Crippen LogP contribution in [0.4, 0.5) is 0 Å². The van der Waals surface area contributed by atoms with Gasteiger partial charge in [0.25, 0.3) is 0 Å². The molecule has 89 valence electrons. The molecule has 1 unspecified atom stereocenters. The van der Waals surface area contributed by atoms with Crippen molar-refractivity contribution in [2.24, 2.45) is 0 Å². The van der Waals surface area contributed by atoms with Crippen LogP contribution >= 0.6 is 0 Å². The molecular formula is C12H20N2O2+. The van der Waals surface area contributed by atoms with E-state index in [0.29, 0.717) is 0 Å². The van der Waals surface area contributed by atoms with Gasteiger partial charge in [-0.3, -0.25) is 4.84 Å². The Labute approximate surface area is 97.0 Å². The topological polar surface area (TPSA) is 36.2 Å². The van der Waals surface area contributed by atoms with Gasteiger partial charge >= 0.3 is 0 Å². The third-order valence-electron chi connectivity index (χ3n) is 2.53. The molecule has 1 heterocycles. The van der Waals surface area contributed by atoms with Crippen LogP contribution < -0.4 is 9.57 Å². The minimum atomic E-state index is -0.382. The van der Waals surface area contributed by atoms with E-state index in [4.69, 9.17) is 4.84 Å². The zero-order valence-corrected chi connectivity index (χ0v) is 10.6. The van der Waals surface area contributed by atoms with Gasteiger partial charge in [-0.15, -0.1) is 10.3 Å². The lowest BCUT2D eigenvalue weighted by atomic mass is 10.0. The van der Waals surface area contributed by atoms with Crippen LogP contribution in [0.1, 0.15) is 39.3 Å². The summed E-state index contributed by atoms with van der Waals surface area (Å²) in [5.74, 6) is 0. The molecular weight excluding hydrogens is 204 g/mol. The molecule has 0 amide bonds. The van der Waals surface area contributed by atoms with Gasteiger partial charge in [-0.25, -0.2) is 0 Å². The van der Waals surface area contributed by atoms with E-state index in [-0.39, 0.29) is 11.6 Å². The van der Waals surface area contributed by atoms with E-state index in [2.05, 4.69) is 0 Å². The van der Waals surface area contributed by atoms with Gasteiger partial charge in [0.05, 0.1) is 6.04 Å². The predicted molar refractivity (Wildman–Crippen MR) is 59.8 cm³/mol. The zero-order chi connectivity index (χ0) is 12.3. The molecule has 1 rings (SSSR count). The lowest BCUT2D eigenvalue weighted by Gasteiger charge is -2.32. The quantitative estimate of drug-likeness (QED) is 0.577. The maximum absolute atomic E-state index is 12.0. The summed E-state index contributed by atoms with van der Waals surface area (Å²) in [7, 11) is 1.60. The summed E-state index contributed by atoms with van der Waals surface area (Å²) in [5, 5.41) is 13.1. The third kappa shape index (κ3) is 2.93. The highest BCUT2D eigenvalue weighted by Crippen LogP contribution is 2.25. The summed E-state index contributed by atoms with van der Waals surface area (Å²) in [5.41, 5.74) is 0.602. The monoisotopic (exact) mass is 224 g/mol. The molecule has 0 aliphatic rings. The number of hydrogen-bond acceptors (Lipinski definition) is 2. The summed E-state index contributed by atoms with van der Waals surface area (Å²) in [4.78, 5) is 5.00. The minimum Gasteiger partial charge on any atom is -0.275 e. The van der Waals surface area contributed by atoms with Crippen molar-refractivity contribution < 1.29 is 14.8 Å². The molecule has 0 N–H and O–H groups in total. The Hall–Kier alpha value is -1.13. The lowest BCUT2D eigenvalue weighted by Crippen LogP contribution is -2.41. The second-order valence-electron chi connectivity index (χ2n) is 4.85. The number of rotatable bonds is 3. The molecule has 1 aromatic rings. The summed E-state index contributed by atoms with van der Waals surface area (Å²) >= 11 is 0. The Kier molecular flexibility index (Phi) is 3.88. The van der Waals surface area contributed by atoms with Crippen LogP contribution in [0.3, 0.4) is 0 Å². The Morgan fingerprint density at radius 1 is 1.31 bits per heavy atom. The first-order valence-electron chi connectivity index (χ1n) is 5.38. The largest absolute Gasteiger partial charge is 0.275 e. The van der Waals surface area contributed by atoms with Gasteiger partial charge in [-0.1, -0.05) is 0 Å². The fourth-order valence-corrected chi connectivity index (χ4v) is 1.54. The summed E-state index contributed by atoms with van der Waals surface area (Å²) < 4.78 is 1.59. The van der Waals surface area contributed by atoms with Gasteiger partial charge in [0.2, 0.25) is 12.4 Å². The van der Waals surface area contributed by atoms with Crippen molar-refractivity contribution >= 4 is 0 Å². The first-order valence-corrected chi connectivity index (χ1v) is 5.38. The van der Waals surface area contributed by atoms with E-state index in [1.54, 1.807) is 24.2 Å². The molecule has 4 nitrogen and oxygen atoms in total. The molecule has 0 spiro atoms. The SMILES string of the molecule is CO[n+]1ccc(C(C)N([O])C(C)(C)C)cc1. The van der Waals surface area contributed by atoms with Crippen LogP contribution in [-0.4, -0.2) is 17.7 Å². The number of nitrogens with zero attached hydrogens (tertiary/aromatic N) is 2. The van der Waals surface area contributed by atoms with Gasteiger partial charge in [-0.2, -0.15) is 0 Å². The van der Waals surface area contributed by atoms with Gasteiger partial charge in [-0.05, 0) is 33.3 Å². The average molecular weight is 224 g/mol. The Morgan fingerprint density at radius 2 is 1.81 bits per heavy atom. The van der Waals surface area contributed by atoms with Crippen molar-refractivity contribution in [3.63, 3.8) is 0 Å². The van der Waals surface area contributed by atoms with Crippen LogP contribution in [-0.2, 0) is 5.21 Å². The highest BCUT2D eigenvalue weighted by molar-refractivity contribution is 5.12. The van der Waals surface area contributed by atoms with Crippen molar-refractivity contribution in [3.8, 4) is 0 Å². The molecule has 0 aliphatic heterocycles. The molecule has 0 bridgehead atoms. The number of hydroxylamine groups is 2. The first kappa shape index (κ1) is 12.9. The lowest BCUT2D eigenvalue weighted by molar-refractivity contribution is -0.885. The molecule has 0 aromatic carbocycles. The van der Waals surface area contributed by atoms with Gasteiger partial charge in [0.1, 0.15) is 7.11 Å². The molecule has 0 aliphatic carbocycles. The van der Waals surface area contributed by atoms with E-state index >= 15 is 0 Å².